The van der Waals surface area contributed by atoms with Gasteiger partial charge in [0.1, 0.15) is 11.5 Å². The van der Waals surface area contributed by atoms with E-state index in [2.05, 4.69) is 15.3 Å². The fourth-order valence-electron chi connectivity index (χ4n) is 2.89. The number of amides is 1. The zero-order valence-electron chi connectivity index (χ0n) is 11.4. The molecule has 4 heterocycles. The Morgan fingerprint density at radius 3 is 3.00 bits per heavy atom. The van der Waals surface area contributed by atoms with Gasteiger partial charge in [-0.25, -0.2) is 9.97 Å². The van der Waals surface area contributed by atoms with Crippen molar-refractivity contribution in [3.05, 3.63) is 41.9 Å². The molecule has 0 aromatic carbocycles. The number of pyridine rings is 2. The highest BCUT2D eigenvalue weighted by Crippen LogP contribution is 2.34. The molecule has 1 amide bonds. The van der Waals surface area contributed by atoms with Crippen molar-refractivity contribution in [3.8, 4) is 11.1 Å². The first kappa shape index (κ1) is 11.9. The third-order valence-electron chi connectivity index (χ3n) is 3.93. The van der Waals surface area contributed by atoms with Crippen LogP contribution in [0.1, 0.15) is 15.9 Å². The van der Waals surface area contributed by atoms with E-state index in [9.17, 15) is 4.79 Å². The molecule has 0 atom stereocenters. The minimum Gasteiger partial charge on any atom is -0.383 e. The fraction of sp³-hybridized carbons (Fsp3) is 0.133. The molecule has 0 bridgehead atoms. The Balaban J connectivity index is 2.05. The molecule has 0 fully saturated rings. The lowest BCUT2D eigenvalue weighted by Crippen LogP contribution is -2.13. The second kappa shape index (κ2) is 4.05. The van der Waals surface area contributed by atoms with Crippen molar-refractivity contribution in [2.45, 2.75) is 6.54 Å². The summed E-state index contributed by atoms with van der Waals surface area (Å²) in [5, 5.41) is 3.84. The minimum atomic E-state index is -0.157. The van der Waals surface area contributed by atoms with Gasteiger partial charge in [0.15, 0.2) is 0 Å². The van der Waals surface area contributed by atoms with Gasteiger partial charge in [0.25, 0.3) is 5.91 Å². The third-order valence-corrected chi connectivity index (χ3v) is 3.93. The molecule has 3 aromatic heterocycles. The summed E-state index contributed by atoms with van der Waals surface area (Å²) >= 11 is 0. The molecule has 21 heavy (non-hydrogen) atoms. The van der Waals surface area contributed by atoms with Crippen molar-refractivity contribution < 1.29 is 4.79 Å². The zero-order valence-corrected chi connectivity index (χ0v) is 11.4. The maximum absolute atomic E-state index is 11.9. The highest BCUT2D eigenvalue weighted by molar-refractivity contribution is 6.05. The topological polar surface area (TPSA) is 85.8 Å². The van der Waals surface area contributed by atoms with Crippen LogP contribution in [0.15, 0.2) is 30.7 Å². The van der Waals surface area contributed by atoms with Crippen molar-refractivity contribution >= 4 is 22.8 Å². The molecule has 3 N–H and O–H groups in total. The summed E-state index contributed by atoms with van der Waals surface area (Å²) < 4.78 is 1.97. The number of carbonyl (C=O) groups excluding carboxylic acids is 1. The highest BCUT2D eigenvalue weighted by atomic mass is 16.1. The van der Waals surface area contributed by atoms with Crippen LogP contribution in [0, 0.1) is 0 Å². The Hall–Kier alpha value is -2.89. The lowest BCUT2D eigenvalue weighted by atomic mass is 9.98. The number of hydrogen-bond donors (Lipinski definition) is 2. The molecule has 4 rings (SSSR count). The molecule has 0 saturated carbocycles. The van der Waals surface area contributed by atoms with Crippen LogP contribution in [0.5, 0.6) is 0 Å². The van der Waals surface area contributed by atoms with Crippen molar-refractivity contribution in [2.75, 3.05) is 5.73 Å². The van der Waals surface area contributed by atoms with Crippen LogP contribution in [-0.2, 0) is 13.6 Å². The Labute approximate surface area is 120 Å². The molecule has 6 heteroatoms. The van der Waals surface area contributed by atoms with Crippen LogP contribution in [0.4, 0.5) is 5.82 Å². The van der Waals surface area contributed by atoms with Gasteiger partial charge < -0.3 is 15.6 Å². The number of hydrogen-bond acceptors (Lipinski definition) is 4. The summed E-state index contributed by atoms with van der Waals surface area (Å²) in [4.78, 5) is 20.5. The number of nitrogens with one attached hydrogen (secondary N) is 1. The van der Waals surface area contributed by atoms with Crippen LogP contribution >= 0.6 is 0 Å². The first-order valence-corrected chi connectivity index (χ1v) is 6.63. The smallest absolute Gasteiger partial charge is 0.255 e. The molecular formula is C15H13N5O. The van der Waals surface area contributed by atoms with E-state index in [4.69, 9.17) is 5.73 Å². The first-order valence-electron chi connectivity index (χ1n) is 6.63. The van der Waals surface area contributed by atoms with E-state index in [1.807, 2.05) is 29.9 Å². The van der Waals surface area contributed by atoms with Crippen molar-refractivity contribution in [3.63, 3.8) is 0 Å². The molecule has 3 aromatic rings. The van der Waals surface area contributed by atoms with Crippen molar-refractivity contribution in [1.82, 2.24) is 19.9 Å². The summed E-state index contributed by atoms with van der Waals surface area (Å²) in [5.74, 6) is 0.123. The van der Waals surface area contributed by atoms with Crippen LogP contribution in [0.2, 0.25) is 0 Å². The number of rotatable bonds is 1. The van der Waals surface area contributed by atoms with Crippen molar-refractivity contribution in [2.24, 2.45) is 7.05 Å². The van der Waals surface area contributed by atoms with Crippen LogP contribution < -0.4 is 11.1 Å². The maximum Gasteiger partial charge on any atom is 0.255 e. The number of carbonyl (C=O) groups is 1. The SMILES string of the molecule is Cn1ccc2c(-c3cnc(N)c4c3CNC4=O)ccnc21. The lowest BCUT2D eigenvalue weighted by Gasteiger charge is -2.09. The molecular weight excluding hydrogens is 266 g/mol. The van der Waals surface area contributed by atoms with Crippen LogP contribution in [0.3, 0.4) is 0 Å². The van der Waals surface area contributed by atoms with Gasteiger partial charge in [-0.1, -0.05) is 0 Å². The van der Waals surface area contributed by atoms with Gasteiger partial charge in [-0.3, -0.25) is 4.79 Å². The quantitative estimate of drug-likeness (QED) is 0.706. The monoisotopic (exact) mass is 279 g/mol. The molecule has 1 aliphatic heterocycles. The largest absolute Gasteiger partial charge is 0.383 e. The van der Waals surface area contributed by atoms with Crippen LogP contribution in [-0.4, -0.2) is 20.4 Å². The van der Waals surface area contributed by atoms with Gasteiger partial charge in [-0.05, 0) is 23.3 Å². The van der Waals surface area contributed by atoms with E-state index in [-0.39, 0.29) is 11.7 Å². The predicted molar refractivity (Wildman–Crippen MR) is 79.5 cm³/mol. The molecule has 0 radical (unpaired) electrons. The molecule has 0 spiro atoms. The second-order valence-electron chi connectivity index (χ2n) is 5.12. The summed E-state index contributed by atoms with van der Waals surface area (Å²) in [6.07, 6.45) is 5.47. The van der Waals surface area contributed by atoms with Gasteiger partial charge in [0.05, 0.1) is 5.56 Å². The third kappa shape index (κ3) is 1.56. The number of nitrogen functional groups attached to an aromatic ring is 1. The Morgan fingerprint density at radius 1 is 1.29 bits per heavy atom. The van der Waals surface area contributed by atoms with E-state index >= 15 is 0 Å². The second-order valence-corrected chi connectivity index (χ2v) is 5.12. The van der Waals surface area contributed by atoms with Gasteiger partial charge >= 0.3 is 0 Å². The average molecular weight is 279 g/mol. The number of nitrogens with two attached hydrogens (primary N) is 1. The molecule has 6 nitrogen and oxygen atoms in total. The Kier molecular flexibility index (Phi) is 2.29. The Bertz CT molecular complexity index is 896. The van der Waals surface area contributed by atoms with E-state index in [1.165, 1.54) is 0 Å². The predicted octanol–water partition coefficient (Wildman–Crippen LogP) is 1.46. The van der Waals surface area contributed by atoms with Crippen LogP contribution in [0.25, 0.3) is 22.2 Å². The standard InChI is InChI=1S/C15H13N5O/c1-20-5-3-9-8(2-4-17-14(9)20)10-6-18-13(16)12-11(10)7-19-15(12)21/h2-6H,7H2,1H3,(H2,16,18)(H,19,21). The molecule has 104 valence electrons. The molecule has 1 aliphatic rings. The van der Waals surface area contributed by atoms with Gasteiger partial charge in [-0.2, -0.15) is 0 Å². The number of fused-ring (bicyclic) bond motifs is 2. The van der Waals surface area contributed by atoms with Crippen molar-refractivity contribution in [1.29, 1.82) is 0 Å². The normalized spacial score (nSPS) is 13.5. The summed E-state index contributed by atoms with van der Waals surface area (Å²) in [6.45, 7) is 0.479. The minimum absolute atomic E-state index is 0.157. The lowest BCUT2D eigenvalue weighted by molar-refractivity contribution is 0.0966. The zero-order chi connectivity index (χ0) is 14.6. The van der Waals surface area contributed by atoms with Gasteiger partial charge in [0.2, 0.25) is 0 Å². The Morgan fingerprint density at radius 2 is 2.14 bits per heavy atom. The fourth-order valence-corrected chi connectivity index (χ4v) is 2.89. The average Bonchev–Trinajstić information content (AvgIpc) is 3.05. The van der Waals surface area contributed by atoms with Gasteiger partial charge in [0, 0.05) is 43.1 Å². The number of aryl methyl sites for hydroxylation is 1. The van der Waals surface area contributed by atoms with E-state index in [0.717, 1.165) is 27.7 Å². The maximum atomic E-state index is 11.9. The highest BCUT2D eigenvalue weighted by Gasteiger charge is 2.26. The molecule has 0 aliphatic carbocycles. The number of aromatic nitrogens is 3. The number of anilines is 1. The molecule has 0 unspecified atom stereocenters. The summed E-state index contributed by atoms with van der Waals surface area (Å²) in [7, 11) is 1.95. The van der Waals surface area contributed by atoms with E-state index in [1.54, 1.807) is 12.4 Å². The summed E-state index contributed by atoms with van der Waals surface area (Å²) in [6, 6.07) is 3.96. The van der Waals surface area contributed by atoms with E-state index in [0.29, 0.717) is 12.1 Å². The molecule has 0 saturated heterocycles. The first-order chi connectivity index (χ1) is 10.2. The van der Waals surface area contributed by atoms with E-state index < -0.39 is 0 Å². The van der Waals surface area contributed by atoms with Gasteiger partial charge in [-0.15, -0.1) is 0 Å². The summed E-state index contributed by atoms with van der Waals surface area (Å²) in [5.41, 5.74) is 10.1. The number of nitrogens with zero attached hydrogens (tertiary/aromatic N) is 3.